The predicted molar refractivity (Wildman–Crippen MR) is 276 cm³/mol. The van der Waals surface area contributed by atoms with Crippen LogP contribution in [0.1, 0.15) is 0 Å². The largest absolute Gasteiger partial charge is 0.293 e. The van der Waals surface area contributed by atoms with E-state index in [4.69, 9.17) is 15.0 Å². The highest BCUT2D eigenvalue weighted by atomic mass is 15.1. The quantitative estimate of drug-likeness (QED) is 0.178. The number of hydrogen-bond acceptors (Lipinski definition) is 3. The summed E-state index contributed by atoms with van der Waals surface area (Å²) < 4.78 is 2.25. The van der Waals surface area contributed by atoms with Gasteiger partial charge in [-0.25, -0.2) is 4.98 Å². The molecule has 0 unspecified atom stereocenters. The molecule has 2 aliphatic rings. The molecule has 0 amide bonds. The first-order valence-electron chi connectivity index (χ1n) is 22.8. The highest BCUT2D eigenvalue weighted by Crippen LogP contribution is 2.51. The van der Waals surface area contributed by atoms with Crippen molar-refractivity contribution >= 4 is 22.1 Å². The first kappa shape index (κ1) is 37.4. The first-order valence-corrected chi connectivity index (χ1v) is 22.8. The van der Waals surface area contributed by atoms with Gasteiger partial charge >= 0.3 is 0 Å². The van der Waals surface area contributed by atoms with Gasteiger partial charge in [-0.05, 0) is 137 Å². The monoisotopic (exact) mass is 850 g/mol. The van der Waals surface area contributed by atoms with E-state index in [9.17, 15) is 0 Å². The maximum Gasteiger partial charge on any atom is 0.164 e. The maximum absolute atomic E-state index is 4.97. The van der Waals surface area contributed by atoms with Crippen molar-refractivity contribution in [3.05, 3.63) is 231 Å². The van der Waals surface area contributed by atoms with Crippen molar-refractivity contribution in [3.8, 4) is 117 Å². The Balaban J connectivity index is 0.926. The summed E-state index contributed by atoms with van der Waals surface area (Å²) in [7, 11) is 0. The number of hydrogen-bond donors (Lipinski definition) is 0. The lowest BCUT2D eigenvalue weighted by Gasteiger charge is -2.24. The fourth-order valence-electron chi connectivity index (χ4n) is 10.9. The van der Waals surface area contributed by atoms with Crippen LogP contribution in [-0.4, -0.2) is 19.5 Å². The van der Waals surface area contributed by atoms with Crippen molar-refractivity contribution < 1.29 is 0 Å². The summed E-state index contributed by atoms with van der Waals surface area (Å²) in [5.41, 5.74) is 27.5. The molecule has 0 fully saturated rings. The van der Waals surface area contributed by atoms with Gasteiger partial charge in [0.15, 0.2) is 5.65 Å². The topological polar surface area (TPSA) is 43.6 Å². The highest BCUT2D eigenvalue weighted by Gasteiger charge is 2.26. The summed E-state index contributed by atoms with van der Waals surface area (Å²) in [6, 6.07) is 77.8. The van der Waals surface area contributed by atoms with Gasteiger partial charge in [0.1, 0.15) is 5.52 Å². The SMILES string of the molecule is c1cc(-c2ccc3c(c2)-c2ccccc2-c2ccccc2-c2cc(-n4c5ccccc5c5nccnc54)ccc2-3)cc(-c2ccc3c(c2)-c2ccccc2-c2ccccc2-c2ncccc2-3)c1. The highest BCUT2D eigenvalue weighted by molar-refractivity contribution is 6.08. The van der Waals surface area contributed by atoms with Crippen LogP contribution in [0.2, 0.25) is 0 Å². The number of pyridine rings is 1. The fraction of sp³-hybridized carbons (Fsp3) is 0. The Kier molecular flexibility index (Phi) is 8.25. The Labute approximate surface area is 387 Å². The van der Waals surface area contributed by atoms with Crippen LogP contribution in [0, 0.1) is 0 Å². The minimum Gasteiger partial charge on any atom is -0.293 e. The van der Waals surface area contributed by atoms with Crippen LogP contribution in [0.4, 0.5) is 0 Å². The summed E-state index contributed by atoms with van der Waals surface area (Å²) in [5.74, 6) is 0. The third-order valence-corrected chi connectivity index (χ3v) is 13.9. The van der Waals surface area contributed by atoms with Crippen molar-refractivity contribution in [3.63, 3.8) is 0 Å². The van der Waals surface area contributed by atoms with Crippen LogP contribution in [0.15, 0.2) is 231 Å². The second-order valence-electron chi connectivity index (χ2n) is 17.5. The number of benzene rings is 9. The normalized spacial score (nSPS) is 11.9. The predicted octanol–water partition coefficient (Wildman–Crippen LogP) is 16.3. The number of nitrogens with zero attached hydrogens (tertiary/aromatic N) is 4. The number of para-hydroxylation sites is 1. The molecule has 0 aliphatic heterocycles. The van der Waals surface area contributed by atoms with E-state index in [1.807, 2.05) is 12.3 Å². The summed E-state index contributed by atoms with van der Waals surface area (Å²) in [4.78, 5) is 14.6. The molecule has 0 saturated carbocycles. The van der Waals surface area contributed by atoms with Crippen molar-refractivity contribution in [2.75, 3.05) is 0 Å². The molecule has 0 atom stereocenters. The molecular weight excluding hydrogens is 813 g/mol. The number of aromatic nitrogens is 4. The van der Waals surface area contributed by atoms with Gasteiger partial charge in [0.25, 0.3) is 0 Å². The lowest BCUT2D eigenvalue weighted by Crippen LogP contribution is -2.00. The number of fused-ring (bicyclic) bond motifs is 19. The Morgan fingerprint density at radius 1 is 0.269 bits per heavy atom. The van der Waals surface area contributed by atoms with E-state index in [1.54, 1.807) is 12.4 Å². The third kappa shape index (κ3) is 5.76. The van der Waals surface area contributed by atoms with E-state index in [2.05, 4.69) is 211 Å². The van der Waals surface area contributed by atoms with E-state index in [0.717, 1.165) is 44.6 Å². The lowest BCUT2D eigenvalue weighted by molar-refractivity contribution is 1.12. The van der Waals surface area contributed by atoms with Gasteiger partial charge < -0.3 is 0 Å². The Morgan fingerprint density at radius 2 is 0.716 bits per heavy atom. The average molecular weight is 851 g/mol. The molecule has 3 heterocycles. The summed E-state index contributed by atoms with van der Waals surface area (Å²) in [5, 5.41) is 1.09. The van der Waals surface area contributed by atoms with Gasteiger partial charge in [-0.3, -0.25) is 14.5 Å². The molecule has 67 heavy (non-hydrogen) atoms. The minimum atomic E-state index is 0.847. The molecule has 0 radical (unpaired) electrons. The van der Waals surface area contributed by atoms with Crippen LogP contribution >= 0.6 is 0 Å². The van der Waals surface area contributed by atoms with Gasteiger partial charge in [0, 0.05) is 40.8 Å². The Bertz CT molecular complexity index is 3950. The zero-order valence-corrected chi connectivity index (χ0v) is 36.2. The fourth-order valence-corrected chi connectivity index (χ4v) is 10.9. The standard InChI is InChI=1S/C63H38N4/c1-4-19-48-44(15-1)45-16-2-6-21-50(45)59-38-43(67-60-25-10-9-23-56(60)62-63(67)66-34-33-65-62)28-31-52(59)51-29-26-41(36-57(48)51)39-13-11-14-40(35-39)42-27-30-53-55-24-12-32-64-61(55)54-22-8-7-18-47(54)46-17-3-5-20-49(46)58(53)37-42/h1-38H. The van der Waals surface area contributed by atoms with Gasteiger partial charge in [-0.2, -0.15) is 0 Å². The molecule has 9 aromatic carbocycles. The van der Waals surface area contributed by atoms with Crippen LogP contribution in [0.5, 0.6) is 0 Å². The molecule has 3 aromatic heterocycles. The van der Waals surface area contributed by atoms with Crippen LogP contribution in [-0.2, 0) is 0 Å². The smallest absolute Gasteiger partial charge is 0.164 e. The molecule has 14 rings (SSSR count). The first-order chi connectivity index (χ1) is 33.2. The molecule has 4 heteroatoms. The van der Waals surface area contributed by atoms with E-state index >= 15 is 0 Å². The summed E-state index contributed by atoms with van der Waals surface area (Å²) in [6.45, 7) is 0. The molecular formula is C63H38N4. The molecule has 4 nitrogen and oxygen atoms in total. The Morgan fingerprint density at radius 3 is 1.34 bits per heavy atom. The minimum absolute atomic E-state index is 0.847. The van der Waals surface area contributed by atoms with Crippen molar-refractivity contribution in [2.45, 2.75) is 0 Å². The third-order valence-electron chi connectivity index (χ3n) is 13.9. The van der Waals surface area contributed by atoms with Gasteiger partial charge in [0.2, 0.25) is 0 Å². The van der Waals surface area contributed by atoms with Gasteiger partial charge in [-0.15, -0.1) is 0 Å². The van der Waals surface area contributed by atoms with Gasteiger partial charge in [0.05, 0.1) is 11.2 Å². The number of rotatable bonds is 3. The van der Waals surface area contributed by atoms with E-state index in [0.29, 0.717) is 0 Å². The summed E-state index contributed by atoms with van der Waals surface area (Å²) >= 11 is 0. The van der Waals surface area contributed by atoms with E-state index in [1.165, 1.54) is 94.6 Å². The van der Waals surface area contributed by atoms with Crippen molar-refractivity contribution in [2.24, 2.45) is 0 Å². The second-order valence-corrected chi connectivity index (χ2v) is 17.5. The van der Waals surface area contributed by atoms with E-state index in [-0.39, 0.29) is 0 Å². The van der Waals surface area contributed by atoms with Gasteiger partial charge in [-0.1, -0.05) is 170 Å². The lowest BCUT2D eigenvalue weighted by atomic mass is 9.80. The van der Waals surface area contributed by atoms with Crippen LogP contribution in [0.3, 0.4) is 0 Å². The average Bonchev–Trinajstić information content (AvgIpc) is 3.74. The second kappa shape index (κ2) is 14.8. The Hall–Kier alpha value is -8.99. The zero-order valence-electron chi connectivity index (χ0n) is 36.2. The zero-order chi connectivity index (χ0) is 44.0. The molecule has 2 aliphatic carbocycles. The van der Waals surface area contributed by atoms with Crippen LogP contribution in [0.25, 0.3) is 139 Å². The van der Waals surface area contributed by atoms with E-state index < -0.39 is 0 Å². The van der Waals surface area contributed by atoms with Crippen molar-refractivity contribution in [1.82, 2.24) is 19.5 Å². The maximum atomic E-state index is 4.97. The molecule has 0 N–H and O–H groups in total. The molecule has 0 saturated heterocycles. The molecule has 0 bridgehead atoms. The molecule has 12 aromatic rings. The van der Waals surface area contributed by atoms with Crippen molar-refractivity contribution in [1.29, 1.82) is 0 Å². The van der Waals surface area contributed by atoms with Crippen LogP contribution < -0.4 is 0 Å². The molecule has 310 valence electrons. The molecule has 0 spiro atoms. The summed E-state index contributed by atoms with van der Waals surface area (Å²) in [6.07, 6.45) is 5.47.